The normalized spacial score (nSPS) is 20.1. The fraction of sp³-hybridized carbons (Fsp3) is 0.188. The van der Waals surface area contributed by atoms with Crippen molar-refractivity contribution in [3.8, 4) is 11.5 Å². The van der Waals surface area contributed by atoms with Crippen LogP contribution < -0.4 is 19.4 Å². The number of hydroxylamine groups is 1. The highest BCUT2D eigenvalue weighted by molar-refractivity contribution is 6.23. The van der Waals surface area contributed by atoms with E-state index in [1.165, 1.54) is 24.3 Å². The standard InChI is InChI=1S/C32H27FN2O5/c1-2-38-27-19-22(13-18-26(27)39-20-21-9-5-3-6-10-21)29-28-30(40-35(29)25-11-7-4-8-12-25)32(37)34(31(28)36)24-16-14-23(33)15-17-24/h3-19,28-30H,2,20H2,1H3/t28-,29+,30+/m1/s1. The number of carbonyl (C=O) groups excluding carboxylic acids is 2. The Labute approximate surface area is 231 Å². The number of hydrogen-bond acceptors (Lipinski definition) is 6. The zero-order chi connectivity index (χ0) is 27.6. The highest BCUT2D eigenvalue weighted by atomic mass is 19.1. The molecular weight excluding hydrogens is 511 g/mol. The summed E-state index contributed by atoms with van der Waals surface area (Å²) in [6.45, 7) is 2.67. The van der Waals surface area contributed by atoms with E-state index in [0.29, 0.717) is 36.1 Å². The third-order valence-electron chi connectivity index (χ3n) is 7.06. The van der Waals surface area contributed by atoms with Crippen LogP contribution in [0.5, 0.6) is 11.5 Å². The number of para-hydroxylation sites is 1. The molecule has 2 heterocycles. The molecule has 40 heavy (non-hydrogen) atoms. The second-order valence-electron chi connectivity index (χ2n) is 9.56. The van der Waals surface area contributed by atoms with Gasteiger partial charge in [-0.05, 0) is 66.6 Å². The number of halogens is 1. The Morgan fingerprint density at radius 1 is 0.775 bits per heavy atom. The van der Waals surface area contributed by atoms with E-state index in [9.17, 15) is 14.0 Å². The Bertz CT molecular complexity index is 1510. The summed E-state index contributed by atoms with van der Waals surface area (Å²) in [5.74, 6) is -1.09. The van der Waals surface area contributed by atoms with Gasteiger partial charge in [0, 0.05) is 0 Å². The summed E-state index contributed by atoms with van der Waals surface area (Å²) in [6, 6.07) is 29.3. The molecule has 2 fully saturated rings. The molecule has 2 aliphatic rings. The maximum atomic E-state index is 13.8. The third-order valence-corrected chi connectivity index (χ3v) is 7.06. The first-order valence-electron chi connectivity index (χ1n) is 13.1. The average molecular weight is 539 g/mol. The summed E-state index contributed by atoms with van der Waals surface area (Å²) < 4.78 is 25.6. The summed E-state index contributed by atoms with van der Waals surface area (Å²) in [7, 11) is 0. The molecule has 8 heteroatoms. The van der Waals surface area contributed by atoms with Gasteiger partial charge < -0.3 is 9.47 Å². The van der Waals surface area contributed by atoms with Crippen LogP contribution in [0.1, 0.15) is 24.1 Å². The van der Waals surface area contributed by atoms with Crippen LogP contribution in [0.3, 0.4) is 0 Å². The Kier molecular flexibility index (Phi) is 6.92. The summed E-state index contributed by atoms with van der Waals surface area (Å²) in [5, 5.41) is 1.63. The number of benzene rings is 4. The minimum absolute atomic E-state index is 0.305. The van der Waals surface area contributed by atoms with Crippen LogP contribution in [0.2, 0.25) is 0 Å². The first kappa shape index (κ1) is 25.6. The minimum Gasteiger partial charge on any atom is -0.490 e. The van der Waals surface area contributed by atoms with Crippen molar-refractivity contribution in [2.45, 2.75) is 25.7 Å². The van der Waals surface area contributed by atoms with E-state index in [1.807, 2.05) is 85.8 Å². The molecule has 7 nitrogen and oxygen atoms in total. The van der Waals surface area contributed by atoms with Gasteiger partial charge in [-0.3, -0.25) is 14.4 Å². The molecule has 2 aliphatic heterocycles. The lowest BCUT2D eigenvalue weighted by Crippen LogP contribution is -2.37. The molecule has 0 bridgehead atoms. The number of fused-ring (bicyclic) bond motifs is 1. The van der Waals surface area contributed by atoms with E-state index < -0.39 is 35.7 Å². The fourth-order valence-electron chi connectivity index (χ4n) is 5.23. The van der Waals surface area contributed by atoms with Crippen molar-refractivity contribution in [2.75, 3.05) is 16.6 Å². The second kappa shape index (κ2) is 10.8. The molecular formula is C32H27FN2O5. The van der Waals surface area contributed by atoms with Gasteiger partial charge in [0.05, 0.1) is 24.0 Å². The molecule has 4 aromatic carbocycles. The van der Waals surface area contributed by atoms with Crippen molar-refractivity contribution in [1.82, 2.24) is 0 Å². The molecule has 0 N–H and O–H groups in total. The number of ether oxygens (including phenoxy) is 2. The van der Waals surface area contributed by atoms with E-state index in [4.69, 9.17) is 14.3 Å². The average Bonchev–Trinajstić information content (AvgIpc) is 3.49. The lowest BCUT2D eigenvalue weighted by Gasteiger charge is -2.29. The quantitative estimate of drug-likeness (QED) is 0.262. The molecule has 2 saturated heterocycles. The predicted octanol–water partition coefficient (Wildman–Crippen LogP) is 5.85. The van der Waals surface area contributed by atoms with E-state index in [-0.39, 0.29) is 0 Å². The van der Waals surface area contributed by atoms with Gasteiger partial charge in [0.25, 0.3) is 5.91 Å². The SMILES string of the molecule is CCOc1cc([C@H]2[C@H]3C(=O)N(c4ccc(F)cc4)C(=O)[C@H]3ON2c2ccccc2)ccc1OCc1ccccc1. The fourth-order valence-corrected chi connectivity index (χ4v) is 5.23. The molecule has 2 amide bonds. The molecule has 0 unspecified atom stereocenters. The largest absolute Gasteiger partial charge is 0.490 e. The van der Waals surface area contributed by atoms with Crippen LogP contribution in [-0.2, 0) is 21.0 Å². The van der Waals surface area contributed by atoms with E-state index in [0.717, 1.165) is 16.0 Å². The van der Waals surface area contributed by atoms with Crippen molar-refractivity contribution in [1.29, 1.82) is 0 Å². The molecule has 6 rings (SSSR count). The minimum atomic E-state index is -1.03. The van der Waals surface area contributed by atoms with Gasteiger partial charge in [-0.15, -0.1) is 0 Å². The van der Waals surface area contributed by atoms with Crippen molar-refractivity contribution in [3.63, 3.8) is 0 Å². The predicted molar refractivity (Wildman–Crippen MR) is 147 cm³/mol. The van der Waals surface area contributed by atoms with Gasteiger partial charge in [0.2, 0.25) is 5.91 Å². The van der Waals surface area contributed by atoms with Crippen LogP contribution in [0.15, 0.2) is 103 Å². The van der Waals surface area contributed by atoms with E-state index in [1.54, 1.807) is 5.06 Å². The number of amides is 2. The molecule has 0 spiro atoms. The molecule has 3 atom stereocenters. The maximum absolute atomic E-state index is 13.8. The lowest BCUT2D eigenvalue weighted by molar-refractivity contribution is -0.126. The number of anilines is 2. The lowest BCUT2D eigenvalue weighted by atomic mass is 9.90. The highest BCUT2D eigenvalue weighted by Gasteiger charge is 2.60. The number of rotatable bonds is 8. The summed E-state index contributed by atoms with van der Waals surface area (Å²) in [5.41, 5.74) is 2.76. The molecule has 0 radical (unpaired) electrons. The molecule has 0 aromatic heterocycles. The number of carbonyl (C=O) groups is 2. The van der Waals surface area contributed by atoms with Gasteiger partial charge in [0.1, 0.15) is 18.3 Å². The zero-order valence-corrected chi connectivity index (χ0v) is 21.8. The van der Waals surface area contributed by atoms with Crippen LogP contribution in [-0.4, -0.2) is 24.5 Å². The smallest absolute Gasteiger partial charge is 0.266 e. The summed E-state index contributed by atoms with van der Waals surface area (Å²) in [4.78, 5) is 34.6. The van der Waals surface area contributed by atoms with Crippen molar-refractivity contribution < 1.29 is 28.3 Å². The molecule has 0 saturated carbocycles. The van der Waals surface area contributed by atoms with Crippen LogP contribution in [0, 0.1) is 11.7 Å². The van der Waals surface area contributed by atoms with Crippen molar-refractivity contribution >= 4 is 23.2 Å². The Morgan fingerprint density at radius 3 is 2.17 bits per heavy atom. The van der Waals surface area contributed by atoms with Gasteiger partial charge in [-0.2, -0.15) is 0 Å². The van der Waals surface area contributed by atoms with Crippen LogP contribution in [0.4, 0.5) is 15.8 Å². The van der Waals surface area contributed by atoms with E-state index >= 15 is 0 Å². The maximum Gasteiger partial charge on any atom is 0.266 e. The van der Waals surface area contributed by atoms with Gasteiger partial charge in [-0.1, -0.05) is 54.6 Å². The zero-order valence-electron chi connectivity index (χ0n) is 21.8. The Balaban J connectivity index is 1.37. The van der Waals surface area contributed by atoms with Crippen molar-refractivity contribution in [2.24, 2.45) is 5.92 Å². The van der Waals surface area contributed by atoms with Gasteiger partial charge in [0.15, 0.2) is 17.6 Å². The van der Waals surface area contributed by atoms with E-state index in [2.05, 4.69) is 0 Å². The first-order valence-corrected chi connectivity index (χ1v) is 13.1. The van der Waals surface area contributed by atoms with Crippen LogP contribution >= 0.6 is 0 Å². The third kappa shape index (κ3) is 4.67. The summed E-state index contributed by atoms with van der Waals surface area (Å²) >= 11 is 0. The molecule has 202 valence electrons. The summed E-state index contributed by atoms with van der Waals surface area (Å²) in [6.07, 6.45) is -1.03. The molecule has 4 aromatic rings. The topological polar surface area (TPSA) is 68.3 Å². The first-order chi connectivity index (χ1) is 19.5. The highest BCUT2D eigenvalue weighted by Crippen LogP contribution is 2.48. The number of nitrogens with zero attached hydrogens (tertiary/aromatic N) is 2. The van der Waals surface area contributed by atoms with Gasteiger partial charge in [-0.25, -0.2) is 14.4 Å². The Morgan fingerprint density at radius 2 is 1.48 bits per heavy atom. The number of imide groups is 1. The Hall–Kier alpha value is -4.69. The second-order valence-corrected chi connectivity index (χ2v) is 9.56. The van der Waals surface area contributed by atoms with Crippen LogP contribution in [0.25, 0.3) is 0 Å². The van der Waals surface area contributed by atoms with Crippen molar-refractivity contribution in [3.05, 3.63) is 120 Å². The molecule has 0 aliphatic carbocycles. The number of hydrogen-bond donors (Lipinski definition) is 0. The monoisotopic (exact) mass is 538 g/mol. The van der Waals surface area contributed by atoms with Gasteiger partial charge >= 0.3 is 0 Å².